The number of nitrogens with zero attached hydrogens (tertiary/aromatic N) is 2. The molecule has 0 N–H and O–H groups in total. The van der Waals surface area contributed by atoms with Gasteiger partial charge in [-0.1, -0.05) is 22.0 Å². The zero-order chi connectivity index (χ0) is 11.8. The van der Waals surface area contributed by atoms with Crippen LogP contribution in [0.3, 0.4) is 0 Å². The maximum Gasteiger partial charge on any atom is 0.0378 e. The van der Waals surface area contributed by atoms with Crippen LogP contribution >= 0.6 is 15.9 Å². The smallest absolute Gasteiger partial charge is 0.0378 e. The third kappa shape index (κ3) is 2.23. The molecule has 2 aliphatic rings. The minimum absolute atomic E-state index is 0.751. The Morgan fingerprint density at radius 2 is 2.00 bits per heavy atom. The molecular weight excluding hydrogens is 276 g/mol. The first kappa shape index (κ1) is 11.5. The Kier molecular flexibility index (Phi) is 3.14. The van der Waals surface area contributed by atoms with E-state index in [0.717, 1.165) is 12.1 Å². The van der Waals surface area contributed by atoms with Crippen LogP contribution in [0.4, 0.5) is 5.69 Å². The van der Waals surface area contributed by atoms with Crippen LogP contribution in [0.15, 0.2) is 28.7 Å². The Balaban J connectivity index is 1.81. The number of anilines is 1. The lowest BCUT2D eigenvalue weighted by Gasteiger charge is -2.27. The van der Waals surface area contributed by atoms with Crippen molar-refractivity contribution < 1.29 is 0 Å². The second-order valence-corrected chi connectivity index (χ2v) is 6.18. The van der Waals surface area contributed by atoms with Gasteiger partial charge in [-0.3, -0.25) is 4.90 Å². The fourth-order valence-corrected chi connectivity index (χ4v) is 3.60. The number of benzene rings is 1. The molecule has 2 saturated heterocycles. The van der Waals surface area contributed by atoms with E-state index in [1.807, 2.05) is 0 Å². The van der Waals surface area contributed by atoms with Crippen molar-refractivity contribution in [1.82, 2.24) is 4.90 Å². The van der Waals surface area contributed by atoms with E-state index >= 15 is 0 Å². The van der Waals surface area contributed by atoms with Gasteiger partial charge in [0.15, 0.2) is 0 Å². The van der Waals surface area contributed by atoms with Gasteiger partial charge in [0.2, 0.25) is 0 Å². The molecule has 3 heteroatoms. The molecule has 2 unspecified atom stereocenters. The maximum atomic E-state index is 3.56. The first-order valence-electron chi connectivity index (χ1n) is 6.46. The van der Waals surface area contributed by atoms with Crippen LogP contribution in [0.1, 0.15) is 19.3 Å². The van der Waals surface area contributed by atoms with Crippen LogP contribution in [0, 0.1) is 0 Å². The quantitative estimate of drug-likeness (QED) is 0.785. The summed E-state index contributed by atoms with van der Waals surface area (Å²) in [5.74, 6) is 0. The van der Waals surface area contributed by atoms with Crippen molar-refractivity contribution in [2.45, 2.75) is 31.3 Å². The Labute approximate surface area is 112 Å². The van der Waals surface area contributed by atoms with Crippen molar-refractivity contribution in [2.75, 3.05) is 25.0 Å². The van der Waals surface area contributed by atoms with Gasteiger partial charge in [0, 0.05) is 35.3 Å². The van der Waals surface area contributed by atoms with Crippen molar-refractivity contribution in [1.29, 1.82) is 0 Å². The minimum Gasteiger partial charge on any atom is -0.370 e. The number of halogens is 1. The molecule has 17 heavy (non-hydrogen) atoms. The van der Waals surface area contributed by atoms with Gasteiger partial charge in [-0.2, -0.15) is 0 Å². The number of fused-ring (bicyclic) bond motifs is 2. The molecule has 0 spiro atoms. The highest BCUT2D eigenvalue weighted by atomic mass is 79.9. The minimum atomic E-state index is 0.751. The average molecular weight is 295 g/mol. The number of likely N-dealkylation sites (N-methyl/N-ethyl adjacent to an activating group) is 1. The second kappa shape index (κ2) is 4.62. The van der Waals surface area contributed by atoms with Gasteiger partial charge in [0.05, 0.1) is 0 Å². The SMILES string of the molecule is CN1C2CCC1CN(c1cccc(Br)c1)CC2. The molecule has 0 radical (unpaired) electrons. The summed E-state index contributed by atoms with van der Waals surface area (Å²) in [6, 6.07) is 10.3. The molecule has 92 valence electrons. The number of rotatable bonds is 1. The third-order valence-corrected chi connectivity index (χ3v) is 4.82. The van der Waals surface area contributed by atoms with Gasteiger partial charge in [-0.25, -0.2) is 0 Å². The lowest BCUT2D eigenvalue weighted by Crippen LogP contribution is -2.36. The third-order valence-electron chi connectivity index (χ3n) is 4.32. The molecular formula is C14H19BrN2. The first-order chi connectivity index (χ1) is 8.24. The average Bonchev–Trinajstić information content (AvgIpc) is 2.53. The van der Waals surface area contributed by atoms with Crippen molar-refractivity contribution in [3.05, 3.63) is 28.7 Å². The van der Waals surface area contributed by atoms with E-state index in [1.54, 1.807) is 0 Å². The monoisotopic (exact) mass is 294 g/mol. The van der Waals surface area contributed by atoms with Crippen molar-refractivity contribution in [3.63, 3.8) is 0 Å². The summed E-state index contributed by atoms with van der Waals surface area (Å²) >= 11 is 3.56. The summed E-state index contributed by atoms with van der Waals surface area (Å²) in [6.07, 6.45) is 4.07. The topological polar surface area (TPSA) is 6.48 Å². The van der Waals surface area contributed by atoms with Gasteiger partial charge >= 0.3 is 0 Å². The van der Waals surface area contributed by atoms with Gasteiger partial charge < -0.3 is 4.90 Å². The summed E-state index contributed by atoms with van der Waals surface area (Å²) in [5, 5.41) is 0. The van der Waals surface area contributed by atoms with E-state index in [-0.39, 0.29) is 0 Å². The highest BCUT2D eigenvalue weighted by molar-refractivity contribution is 9.10. The molecule has 1 aromatic carbocycles. The summed E-state index contributed by atoms with van der Waals surface area (Å²) in [4.78, 5) is 5.14. The van der Waals surface area contributed by atoms with Crippen LogP contribution < -0.4 is 4.90 Å². The van der Waals surface area contributed by atoms with Crippen LogP contribution in [-0.2, 0) is 0 Å². The van der Waals surface area contributed by atoms with Gasteiger partial charge in [-0.05, 0) is 44.5 Å². The lowest BCUT2D eigenvalue weighted by molar-refractivity contribution is 0.254. The molecule has 2 atom stereocenters. The van der Waals surface area contributed by atoms with E-state index in [9.17, 15) is 0 Å². The molecule has 0 amide bonds. The Morgan fingerprint density at radius 1 is 1.18 bits per heavy atom. The summed E-state index contributed by atoms with van der Waals surface area (Å²) < 4.78 is 1.18. The summed E-state index contributed by atoms with van der Waals surface area (Å²) in [7, 11) is 2.30. The second-order valence-electron chi connectivity index (χ2n) is 5.27. The first-order valence-corrected chi connectivity index (χ1v) is 7.26. The fraction of sp³-hybridized carbons (Fsp3) is 0.571. The highest BCUT2D eigenvalue weighted by Gasteiger charge is 2.34. The molecule has 2 heterocycles. The molecule has 2 bridgehead atoms. The fourth-order valence-electron chi connectivity index (χ4n) is 3.22. The van der Waals surface area contributed by atoms with Crippen LogP contribution in [0.25, 0.3) is 0 Å². The van der Waals surface area contributed by atoms with Crippen LogP contribution in [-0.4, -0.2) is 37.1 Å². The predicted octanol–water partition coefficient (Wildman–Crippen LogP) is 3.12. The standard InChI is InChI=1S/C14H19BrN2/c1-16-12-5-6-14(16)10-17(8-7-12)13-4-2-3-11(15)9-13/h2-4,9,12,14H,5-8,10H2,1H3. The summed E-state index contributed by atoms with van der Waals surface area (Å²) in [5.41, 5.74) is 1.36. The van der Waals surface area contributed by atoms with Gasteiger partial charge in [-0.15, -0.1) is 0 Å². The van der Waals surface area contributed by atoms with E-state index in [4.69, 9.17) is 0 Å². The zero-order valence-corrected chi connectivity index (χ0v) is 11.9. The molecule has 1 aromatic rings. The zero-order valence-electron chi connectivity index (χ0n) is 10.3. The van der Waals surface area contributed by atoms with E-state index in [1.165, 1.54) is 42.5 Å². The molecule has 2 fully saturated rings. The van der Waals surface area contributed by atoms with Crippen molar-refractivity contribution >= 4 is 21.6 Å². The van der Waals surface area contributed by atoms with Crippen molar-refractivity contribution in [3.8, 4) is 0 Å². The summed E-state index contributed by atoms with van der Waals surface area (Å²) in [6.45, 7) is 2.38. The lowest BCUT2D eigenvalue weighted by atomic mass is 10.1. The molecule has 0 aromatic heterocycles. The molecule has 3 rings (SSSR count). The highest BCUT2D eigenvalue weighted by Crippen LogP contribution is 2.31. The van der Waals surface area contributed by atoms with E-state index < -0.39 is 0 Å². The molecule has 2 aliphatic heterocycles. The molecule has 2 nitrogen and oxygen atoms in total. The van der Waals surface area contributed by atoms with Gasteiger partial charge in [0.25, 0.3) is 0 Å². The normalized spacial score (nSPS) is 29.4. The Morgan fingerprint density at radius 3 is 2.82 bits per heavy atom. The molecule has 0 aliphatic carbocycles. The number of hydrogen-bond acceptors (Lipinski definition) is 2. The number of hydrogen-bond donors (Lipinski definition) is 0. The maximum absolute atomic E-state index is 3.56. The Bertz CT molecular complexity index is 407. The Hall–Kier alpha value is -0.540. The largest absolute Gasteiger partial charge is 0.370 e. The van der Waals surface area contributed by atoms with Crippen molar-refractivity contribution in [2.24, 2.45) is 0 Å². The van der Waals surface area contributed by atoms with E-state index in [0.29, 0.717) is 0 Å². The van der Waals surface area contributed by atoms with Crippen LogP contribution in [0.5, 0.6) is 0 Å². The van der Waals surface area contributed by atoms with Gasteiger partial charge in [0.1, 0.15) is 0 Å². The van der Waals surface area contributed by atoms with E-state index in [2.05, 4.69) is 57.0 Å². The van der Waals surface area contributed by atoms with Crippen LogP contribution in [0.2, 0.25) is 0 Å². The molecule has 0 saturated carbocycles. The predicted molar refractivity (Wildman–Crippen MR) is 75.5 cm³/mol.